The topological polar surface area (TPSA) is 48.5 Å². The van der Waals surface area contributed by atoms with Crippen molar-refractivity contribution in [2.75, 3.05) is 40.3 Å². The third-order valence-electron chi connectivity index (χ3n) is 3.43. The van der Waals surface area contributed by atoms with Crippen molar-refractivity contribution < 1.29 is 9.18 Å². The molecule has 1 unspecified atom stereocenters. The molecular weight excluding hydrogens is 247 g/mol. The van der Waals surface area contributed by atoms with Crippen molar-refractivity contribution in [2.45, 2.75) is 6.04 Å². The number of hydrogen-bond acceptors (Lipinski definition) is 4. The first-order valence-electron chi connectivity index (χ1n) is 6.36. The van der Waals surface area contributed by atoms with Crippen molar-refractivity contribution in [2.24, 2.45) is 0 Å². The van der Waals surface area contributed by atoms with E-state index in [4.69, 9.17) is 0 Å². The molecule has 1 N–H and O–H groups in total. The van der Waals surface area contributed by atoms with E-state index in [1.807, 2.05) is 7.05 Å². The standard InChI is InChI=1S/C13H19FN4O/c1-17-6-7-18(2)10(9-17)8-15-13(19)11-4-3-5-12(14)16-11/h3-5,10H,6-9H2,1-2H3,(H,15,19). The van der Waals surface area contributed by atoms with Crippen LogP contribution in [-0.2, 0) is 0 Å². The third-order valence-corrected chi connectivity index (χ3v) is 3.43. The highest BCUT2D eigenvalue weighted by Gasteiger charge is 2.22. The molecule has 1 amide bonds. The number of pyridine rings is 1. The van der Waals surface area contributed by atoms with Crippen LogP contribution in [0, 0.1) is 5.95 Å². The highest BCUT2D eigenvalue weighted by Crippen LogP contribution is 2.05. The number of nitrogens with one attached hydrogen (secondary N) is 1. The summed E-state index contributed by atoms with van der Waals surface area (Å²) in [7, 11) is 4.11. The molecule has 0 bridgehead atoms. The van der Waals surface area contributed by atoms with Gasteiger partial charge in [-0.25, -0.2) is 4.98 Å². The summed E-state index contributed by atoms with van der Waals surface area (Å²) in [6.07, 6.45) is 0. The Morgan fingerprint density at radius 3 is 3.00 bits per heavy atom. The summed E-state index contributed by atoms with van der Waals surface area (Å²) < 4.78 is 12.9. The van der Waals surface area contributed by atoms with Crippen LogP contribution in [-0.4, -0.2) is 67.0 Å². The second-order valence-electron chi connectivity index (χ2n) is 4.95. The average Bonchev–Trinajstić information content (AvgIpc) is 2.39. The lowest BCUT2D eigenvalue weighted by molar-refractivity contribution is 0.0876. The van der Waals surface area contributed by atoms with Crippen molar-refractivity contribution in [3.63, 3.8) is 0 Å². The summed E-state index contributed by atoms with van der Waals surface area (Å²) in [6.45, 7) is 3.47. The number of hydrogen-bond donors (Lipinski definition) is 1. The fourth-order valence-electron chi connectivity index (χ4n) is 2.16. The Hall–Kier alpha value is -1.53. The van der Waals surface area contributed by atoms with E-state index in [9.17, 15) is 9.18 Å². The summed E-state index contributed by atoms with van der Waals surface area (Å²) in [5.74, 6) is -0.969. The number of aromatic nitrogens is 1. The van der Waals surface area contributed by atoms with Gasteiger partial charge in [-0.2, -0.15) is 4.39 Å². The molecule has 0 saturated carbocycles. The van der Waals surface area contributed by atoms with Crippen LogP contribution in [0.4, 0.5) is 4.39 Å². The van der Waals surface area contributed by atoms with Crippen molar-refractivity contribution in [3.05, 3.63) is 29.8 Å². The van der Waals surface area contributed by atoms with Crippen LogP contribution in [0.1, 0.15) is 10.5 Å². The number of rotatable bonds is 3. The monoisotopic (exact) mass is 266 g/mol. The van der Waals surface area contributed by atoms with Gasteiger partial charge in [-0.05, 0) is 26.2 Å². The van der Waals surface area contributed by atoms with Crippen LogP contribution in [0.2, 0.25) is 0 Å². The summed E-state index contributed by atoms with van der Waals surface area (Å²) in [5, 5.41) is 2.81. The van der Waals surface area contributed by atoms with Gasteiger partial charge < -0.3 is 10.2 Å². The van der Waals surface area contributed by atoms with Crippen LogP contribution in [0.3, 0.4) is 0 Å². The molecule has 2 rings (SSSR count). The Balaban J connectivity index is 1.89. The normalized spacial score (nSPS) is 21.3. The molecule has 1 atom stereocenters. The molecule has 2 heterocycles. The molecule has 1 fully saturated rings. The quantitative estimate of drug-likeness (QED) is 0.794. The SMILES string of the molecule is CN1CCN(C)C(CNC(=O)c2cccc(F)n2)C1. The maximum absolute atomic E-state index is 12.9. The number of likely N-dealkylation sites (N-methyl/N-ethyl adjacent to an activating group) is 2. The fraction of sp³-hybridized carbons (Fsp3) is 0.538. The summed E-state index contributed by atoms with van der Waals surface area (Å²) in [6, 6.07) is 4.49. The number of carbonyl (C=O) groups is 1. The van der Waals surface area contributed by atoms with Gasteiger partial charge in [-0.3, -0.25) is 9.69 Å². The van der Waals surface area contributed by atoms with Gasteiger partial charge in [0.25, 0.3) is 5.91 Å². The first-order chi connectivity index (χ1) is 9.06. The third kappa shape index (κ3) is 3.71. The number of carbonyl (C=O) groups excluding carboxylic acids is 1. The predicted octanol–water partition coefficient (Wildman–Crippen LogP) is 0.196. The molecule has 1 aromatic heterocycles. The van der Waals surface area contributed by atoms with Crippen LogP contribution in [0.15, 0.2) is 18.2 Å². The minimum atomic E-state index is -0.637. The highest BCUT2D eigenvalue weighted by atomic mass is 19.1. The molecular formula is C13H19FN4O. The van der Waals surface area contributed by atoms with Crippen LogP contribution >= 0.6 is 0 Å². The summed E-state index contributed by atoms with van der Waals surface area (Å²) in [4.78, 5) is 19.9. The zero-order valence-corrected chi connectivity index (χ0v) is 11.3. The summed E-state index contributed by atoms with van der Waals surface area (Å²) >= 11 is 0. The number of halogens is 1. The average molecular weight is 266 g/mol. The van der Waals surface area contributed by atoms with Crippen molar-refractivity contribution in [3.8, 4) is 0 Å². The van der Waals surface area contributed by atoms with Gasteiger partial charge >= 0.3 is 0 Å². The summed E-state index contributed by atoms with van der Waals surface area (Å²) in [5.41, 5.74) is 0.117. The van der Waals surface area contributed by atoms with E-state index in [2.05, 4.69) is 27.1 Å². The Bertz CT molecular complexity index is 454. The fourth-order valence-corrected chi connectivity index (χ4v) is 2.16. The minimum Gasteiger partial charge on any atom is -0.349 e. The smallest absolute Gasteiger partial charge is 0.270 e. The van der Waals surface area contributed by atoms with E-state index in [-0.39, 0.29) is 17.6 Å². The molecule has 0 spiro atoms. The van der Waals surface area contributed by atoms with Crippen LogP contribution in [0.25, 0.3) is 0 Å². The van der Waals surface area contributed by atoms with Crippen molar-refractivity contribution in [1.82, 2.24) is 20.1 Å². The number of nitrogens with zero attached hydrogens (tertiary/aromatic N) is 3. The number of piperazine rings is 1. The maximum Gasteiger partial charge on any atom is 0.270 e. The second kappa shape index (κ2) is 6.08. The molecule has 19 heavy (non-hydrogen) atoms. The van der Waals surface area contributed by atoms with Gasteiger partial charge in [0, 0.05) is 32.2 Å². The van der Waals surface area contributed by atoms with Gasteiger partial charge in [0.05, 0.1) is 0 Å². The molecule has 1 aliphatic rings. The van der Waals surface area contributed by atoms with Crippen molar-refractivity contribution in [1.29, 1.82) is 0 Å². The van der Waals surface area contributed by atoms with E-state index in [1.165, 1.54) is 18.2 Å². The highest BCUT2D eigenvalue weighted by molar-refractivity contribution is 5.92. The van der Waals surface area contributed by atoms with E-state index in [0.717, 1.165) is 19.6 Å². The molecule has 5 nitrogen and oxygen atoms in total. The van der Waals surface area contributed by atoms with Gasteiger partial charge in [0.2, 0.25) is 5.95 Å². The maximum atomic E-state index is 12.9. The molecule has 104 valence electrons. The van der Waals surface area contributed by atoms with Crippen molar-refractivity contribution >= 4 is 5.91 Å². The van der Waals surface area contributed by atoms with Crippen LogP contribution < -0.4 is 5.32 Å². The lowest BCUT2D eigenvalue weighted by Gasteiger charge is -2.37. The first-order valence-corrected chi connectivity index (χ1v) is 6.36. The predicted molar refractivity (Wildman–Crippen MR) is 70.4 cm³/mol. The Kier molecular flexibility index (Phi) is 4.44. The van der Waals surface area contributed by atoms with Gasteiger partial charge in [0.1, 0.15) is 5.69 Å². The molecule has 1 aliphatic heterocycles. The van der Waals surface area contributed by atoms with Gasteiger partial charge in [-0.1, -0.05) is 6.07 Å². The Morgan fingerprint density at radius 1 is 1.47 bits per heavy atom. The molecule has 1 saturated heterocycles. The first kappa shape index (κ1) is 13.9. The van der Waals surface area contributed by atoms with Gasteiger partial charge in [-0.15, -0.1) is 0 Å². The molecule has 1 aromatic rings. The van der Waals surface area contributed by atoms with Gasteiger partial charge in [0.15, 0.2) is 0 Å². The molecule has 6 heteroatoms. The molecule has 0 radical (unpaired) electrons. The zero-order valence-electron chi connectivity index (χ0n) is 11.3. The molecule has 0 aromatic carbocycles. The van der Waals surface area contributed by atoms with E-state index < -0.39 is 5.95 Å². The Morgan fingerprint density at radius 2 is 2.26 bits per heavy atom. The van der Waals surface area contributed by atoms with Crippen LogP contribution in [0.5, 0.6) is 0 Å². The zero-order chi connectivity index (χ0) is 13.8. The van der Waals surface area contributed by atoms with E-state index >= 15 is 0 Å². The largest absolute Gasteiger partial charge is 0.349 e. The number of amides is 1. The lowest BCUT2D eigenvalue weighted by atomic mass is 10.2. The van der Waals surface area contributed by atoms with E-state index in [1.54, 1.807) is 0 Å². The lowest BCUT2D eigenvalue weighted by Crippen LogP contribution is -2.54. The second-order valence-corrected chi connectivity index (χ2v) is 4.95. The Labute approximate surface area is 112 Å². The minimum absolute atomic E-state index is 0.117. The van der Waals surface area contributed by atoms with E-state index in [0.29, 0.717) is 6.54 Å². The molecule has 0 aliphatic carbocycles.